The van der Waals surface area contributed by atoms with Crippen molar-refractivity contribution in [3.63, 3.8) is 0 Å². The second-order valence-corrected chi connectivity index (χ2v) is 12.9. The minimum absolute atomic E-state index is 0.218. The molecule has 0 bridgehead atoms. The van der Waals surface area contributed by atoms with Crippen LogP contribution in [0.1, 0.15) is 65.6 Å². The van der Waals surface area contributed by atoms with Crippen molar-refractivity contribution in [1.29, 1.82) is 0 Å². The van der Waals surface area contributed by atoms with Gasteiger partial charge < -0.3 is 24.8 Å². The van der Waals surface area contributed by atoms with E-state index in [1.54, 1.807) is 21.3 Å². The molecule has 0 amide bonds. The standard InChI is InChI=1S/C15H19NO2.C14H15N3O.C12H14O2/c1-16(2)10-13-11-6-5-9-15(18-3)12(11)7-4-8-14(13)17;1-18-13-7-3-4-9-10(13)5-2-6-12-11(9)8-16-14(15)17-12;1-14-12-7-2-4-9-8-10(13)5-3-6-11(9)12/h5-6,9-10H,4,7-8H2,1-3H3;3-4,7-8H,2,5-6H2,1H3,(H2,15,16,17);2,4,7H,3,5-6,8H2,1H3. The first-order valence-electron chi connectivity index (χ1n) is 17.3. The Bertz CT molecular complexity index is 1870. The number of anilines is 1. The van der Waals surface area contributed by atoms with E-state index in [9.17, 15) is 9.59 Å². The van der Waals surface area contributed by atoms with E-state index < -0.39 is 0 Å². The molecule has 3 aliphatic carbocycles. The summed E-state index contributed by atoms with van der Waals surface area (Å²) < 4.78 is 16.1. The summed E-state index contributed by atoms with van der Waals surface area (Å²) in [6.07, 6.45) is 12.3. The highest BCUT2D eigenvalue weighted by Gasteiger charge is 2.22. The molecule has 0 saturated heterocycles. The Morgan fingerprint density at radius 2 is 1.24 bits per heavy atom. The summed E-state index contributed by atoms with van der Waals surface area (Å²) in [5.74, 6) is 3.66. The zero-order chi connectivity index (χ0) is 35.6. The summed E-state index contributed by atoms with van der Waals surface area (Å²) in [5, 5.41) is 0. The third kappa shape index (κ3) is 8.51. The summed E-state index contributed by atoms with van der Waals surface area (Å²) in [6, 6.07) is 18.0. The Balaban J connectivity index is 0.000000147. The second kappa shape index (κ2) is 17.0. The number of allylic oxidation sites excluding steroid dienone is 1. The number of methoxy groups -OCH3 is 3. The van der Waals surface area contributed by atoms with Gasteiger partial charge in [-0.1, -0.05) is 36.4 Å². The summed E-state index contributed by atoms with van der Waals surface area (Å²) in [7, 11) is 8.94. The SMILES string of the molecule is COc1cccc2c1CCCC(=O)C2.COc1cccc2c1CCCC(=O)C2=CN(C)C.COc1cccc2c1CCCc1nc(N)ncc1-2. The van der Waals surface area contributed by atoms with E-state index in [-0.39, 0.29) is 5.78 Å². The Kier molecular flexibility index (Phi) is 12.3. The molecule has 0 spiro atoms. The van der Waals surface area contributed by atoms with Gasteiger partial charge in [-0.3, -0.25) is 9.59 Å². The molecule has 0 atom stereocenters. The number of fused-ring (bicyclic) bond motifs is 5. The minimum atomic E-state index is 0.218. The lowest BCUT2D eigenvalue weighted by molar-refractivity contribution is -0.118. The number of carbonyl (C=O) groups is 2. The van der Waals surface area contributed by atoms with Crippen molar-refractivity contribution in [1.82, 2.24) is 14.9 Å². The summed E-state index contributed by atoms with van der Waals surface area (Å²) in [6.45, 7) is 0. The molecule has 3 aromatic carbocycles. The third-order valence-electron chi connectivity index (χ3n) is 9.25. The fraction of sp³-hybridized carbons (Fsp3) is 0.366. The quantitative estimate of drug-likeness (QED) is 0.183. The molecule has 3 aliphatic rings. The molecular formula is C41H48N4O5. The summed E-state index contributed by atoms with van der Waals surface area (Å²) in [5.41, 5.74) is 15.5. The third-order valence-corrected chi connectivity index (χ3v) is 9.25. The molecule has 0 radical (unpaired) electrons. The van der Waals surface area contributed by atoms with E-state index in [4.69, 9.17) is 19.9 Å². The highest BCUT2D eigenvalue weighted by atomic mass is 16.5. The van der Waals surface area contributed by atoms with Crippen LogP contribution in [0.5, 0.6) is 17.2 Å². The lowest BCUT2D eigenvalue weighted by Crippen LogP contribution is -2.08. The number of ketones is 2. The molecule has 9 heteroatoms. The number of aryl methyl sites for hydroxylation is 1. The number of carbonyl (C=O) groups excluding carboxylic acids is 2. The van der Waals surface area contributed by atoms with Crippen LogP contribution >= 0.6 is 0 Å². The van der Waals surface area contributed by atoms with Gasteiger partial charge in [-0.15, -0.1) is 0 Å². The number of nitrogen functional groups attached to an aromatic ring is 1. The maximum Gasteiger partial charge on any atom is 0.220 e. The number of nitrogens with two attached hydrogens (primary N) is 1. The van der Waals surface area contributed by atoms with Crippen LogP contribution in [-0.4, -0.2) is 61.9 Å². The number of hydrogen-bond donors (Lipinski definition) is 1. The van der Waals surface area contributed by atoms with E-state index in [1.807, 2.05) is 79.9 Å². The molecule has 7 rings (SSSR count). The van der Waals surface area contributed by atoms with E-state index in [1.165, 1.54) is 16.7 Å². The molecule has 0 aliphatic heterocycles. The van der Waals surface area contributed by atoms with Gasteiger partial charge in [-0.25, -0.2) is 9.97 Å². The number of Topliss-reactive ketones (excluding diaryl/α,β-unsaturated/α-hetero) is 2. The van der Waals surface area contributed by atoms with E-state index in [0.717, 1.165) is 95.7 Å². The maximum absolute atomic E-state index is 12.2. The Labute approximate surface area is 295 Å². The lowest BCUT2D eigenvalue weighted by Gasteiger charge is -2.14. The van der Waals surface area contributed by atoms with Crippen molar-refractivity contribution >= 4 is 23.1 Å². The first kappa shape index (κ1) is 36.1. The molecule has 0 unspecified atom stereocenters. The summed E-state index contributed by atoms with van der Waals surface area (Å²) in [4.78, 5) is 34.0. The topological polar surface area (TPSA) is 117 Å². The molecule has 0 saturated carbocycles. The Morgan fingerprint density at radius 1 is 0.680 bits per heavy atom. The molecule has 0 fully saturated rings. The summed E-state index contributed by atoms with van der Waals surface area (Å²) >= 11 is 0. The molecule has 262 valence electrons. The van der Waals surface area contributed by atoms with Crippen LogP contribution in [0.3, 0.4) is 0 Å². The normalized spacial score (nSPS) is 15.5. The minimum Gasteiger partial charge on any atom is -0.496 e. The highest BCUT2D eigenvalue weighted by Crippen LogP contribution is 2.36. The van der Waals surface area contributed by atoms with Gasteiger partial charge in [-0.2, -0.15) is 0 Å². The van der Waals surface area contributed by atoms with Crippen molar-refractivity contribution in [2.45, 2.75) is 64.2 Å². The van der Waals surface area contributed by atoms with Crippen LogP contribution < -0.4 is 19.9 Å². The Morgan fingerprint density at radius 3 is 1.90 bits per heavy atom. The zero-order valence-electron chi connectivity index (χ0n) is 29.9. The molecule has 1 aromatic heterocycles. The van der Waals surface area contributed by atoms with Crippen LogP contribution in [0.15, 0.2) is 67.0 Å². The van der Waals surface area contributed by atoms with Crippen molar-refractivity contribution in [3.8, 4) is 28.4 Å². The molecule has 50 heavy (non-hydrogen) atoms. The number of aromatic nitrogens is 2. The van der Waals surface area contributed by atoms with Gasteiger partial charge in [0.25, 0.3) is 0 Å². The van der Waals surface area contributed by atoms with Gasteiger partial charge in [0.05, 0.1) is 27.0 Å². The number of rotatable bonds is 4. The van der Waals surface area contributed by atoms with Crippen LogP contribution in [0.25, 0.3) is 16.7 Å². The van der Waals surface area contributed by atoms with Crippen LogP contribution in [0.2, 0.25) is 0 Å². The fourth-order valence-corrected chi connectivity index (χ4v) is 6.94. The molecule has 9 nitrogen and oxygen atoms in total. The predicted octanol–water partition coefficient (Wildman–Crippen LogP) is 6.87. The van der Waals surface area contributed by atoms with Crippen LogP contribution in [-0.2, 0) is 41.7 Å². The zero-order valence-corrected chi connectivity index (χ0v) is 29.9. The molecule has 1 heterocycles. The second-order valence-electron chi connectivity index (χ2n) is 12.9. The van der Waals surface area contributed by atoms with Crippen molar-refractivity contribution in [2.24, 2.45) is 0 Å². The largest absolute Gasteiger partial charge is 0.496 e. The van der Waals surface area contributed by atoms with Gasteiger partial charge in [-0.05, 0) is 85.4 Å². The fourth-order valence-electron chi connectivity index (χ4n) is 6.94. The predicted molar refractivity (Wildman–Crippen MR) is 198 cm³/mol. The molecule has 4 aromatic rings. The lowest BCUT2D eigenvalue weighted by atomic mass is 9.97. The monoisotopic (exact) mass is 676 g/mol. The van der Waals surface area contributed by atoms with Crippen LogP contribution in [0, 0.1) is 0 Å². The number of hydrogen-bond acceptors (Lipinski definition) is 9. The van der Waals surface area contributed by atoms with Crippen LogP contribution in [0.4, 0.5) is 5.95 Å². The van der Waals surface area contributed by atoms with E-state index >= 15 is 0 Å². The van der Waals surface area contributed by atoms with Crippen molar-refractivity contribution in [2.75, 3.05) is 41.2 Å². The van der Waals surface area contributed by atoms with Gasteiger partial charge >= 0.3 is 0 Å². The average Bonchev–Trinajstić information content (AvgIpc) is 3.50. The molecule has 2 N–H and O–H groups in total. The maximum atomic E-state index is 12.2. The van der Waals surface area contributed by atoms with Gasteiger partial charge in [0.2, 0.25) is 5.95 Å². The number of nitrogens with zero attached hydrogens (tertiary/aromatic N) is 3. The van der Waals surface area contributed by atoms with E-state index in [2.05, 4.69) is 16.0 Å². The van der Waals surface area contributed by atoms with Gasteiger partial charge in [0.15, 0.2) is 5.78 Å². The van der Waals surface area contributed by atoms with Gasteiger partial charge in [0.1, 0.15) is 23.0 Å². The first-order valence-corrected chi connectivity index (χ1v) is 17.3. The van der Waals surface area contributed by atoms with Gasteiger partial charge in [0, 0.05) is 68.0 Å². The molecular weight excluding hydrogens is 628 g/mol. The van der Waals surface area contributed by atoms with E-state index in [0.29, 0.717) is 31.0 Å². The smallest absolute Gasteiger partial charge is 0.220 e. The number of ether oxygens (including phenoxy) is 3. The number of benzene rings is 3. The highest BCUT2D eigenvalue weighted by molar-refractivity contribution is 6.21. The average molecular weight is 677 g/mol. The first-order chi connectivity index (χ1) is 24.2. The van der Waals surface area contributed by atoms with Crippen molar-refractivity contribution in [3.05, 3.63) is 101 Å². The van der Waals surface area contributed by atoms with Crippen molar-refractivity contribution < 1.29 is 23.8 Å². The Hall–Kier alpha value is -5.18.